The molecule has 0 saturated heterocycles. The first-order valence-electron chi connectivity index (χ1n) is 7.68. The summed E-state index contributed by atoms with van der Waals surface area (Å²) in [6.45, 7) is 0.898. The highest BCUT2D eigenvalue weighted by atomic mass is 16.2. The van der Waals surface area contributed by atoms with Crippen LogP contribution in [0.25, 0.3) is 5.69 Å². The standard InChI is InChI=1S/C17H18N6O/c24-17(19-10-8-14-5-2-1-3-6-14)20-11-15-13-23(22-21-15)16-7-4-9-18-12-16/h1-7,9,12-13H,8,10-11H2,(H2,19,20,24). The number of urea groups is 1. The Bertz CT molecular complexity index is 772. The van der Waals surface area contributed by atoms with Crippen molar-refractivity contribution < 1.29 is 4.79 Å². The molecular formula is C17H18N6O. The molecular weight excluding hydrogens is 304 g/mol. The van der Waals surface area contributed by atoms with E-state index in [2.05, 4.69) is 25.9 Å². The molecule has 0 aliphatic heterocycles. The highest BCUT2D eigenvalue weighted by Gasteiger charge is 2.05. The van der Waals surface area contributed by atoms with Crippen molar-refractivity contribution in [3.05, 3.63) is 72.3 Å². The van der Waals surface area contributed by atoms with Crippen LogP contribution >= 0.6 is 0 Å². The number of hydrogen-bond donors (Lipinski definition) is 2. The Morgan fingerprint density at radius 2 is 1.96 bits per heavy atom. The topological polar surface area (TPSA) is 84.7 Å². The van der Waals surface area contributed by atoms with Crippen molar-refractivity contribution in [2.75, 3.05) is 6.54 Å². The molecule has 7 heteroatoms. The van der Waals surface area contributed by atoms with Gasteiger partial charge in [0, 0.05) is 12.7 Å². The van der Waals surface area contributed by atoms with Crippen LogP contribution in [-0.4, -0.2) is 32.6 Å². The summed E-state index contributed by atoms with van der Waals surface area (Å²) in [6, 6.07) is 13.5. The zero-order valence-electron chi connectivity index (χ0n) is 13.1. The van der Waals surface area contributed by atoms with Crippen LogP contribution in [0.2, 0.25) is 0 Å². The summed E-state index contributed by atoms with van der Waals surface area (Å²) >= 11 is 0. The van der Waals surface area contributed by atoms with Gasteiger partial charge in [0.15, 0.2) is 0 Å². The first-order valence-corrected chi connectivity index (χ1v) is 7.68. The van der Waals surface area contributed by atoms with Crippen molar-refractivity contribution in [1.29, 1.82) is 0 Å². The number of carbonyl (C=O) groups excluding carboxylic acids is 1. The molecule has 2 N–H and O–H groups in total. The van der Waals surface area contributed by atoms with Crippen LogP contribution in [0.5, 0.6) is 0 Å². The minimum absolute atomic E-state index is 0.221. The lowest BCUT2D eigenvalue weighted by molar-refractivity contribution is 0.240. The van der Waals surface area contributed by atoms with Crippen LogP contribution in [0.4, 0.5) is 4.79 Å². The lowest BCUT2D eigenvalue weighted by Crippen LogP contribution is -2.36. The third-order valence-corrected chi connectivity index (χ3v) is 3.42. The number of hydrogen-bond acceptors (Lipinski definition) is 4. The van der Waals surface area contributed by atoms with Gasteiger partial charge in [-0.3, -0.25) is 4.98 Å². The minimum Gasteiger partial charge on any atom is -0.338 e. The Labute approximate surface area is 139 Å². The van der Waals surface area contributed by atoms with Gasteiger partial charge < -0.3 is 10.6 Å². The smallest absolute Gasteiger partial charge is 0.315 e. The lowest BCUT2D eigenvalue weighted by Gasteiger charge is -2.06. The Kier molecular flexibility index (Phi) is 5.14. The van der Waals surface area contributed by atoms with Crippen molar-refractivity contribution in [1.82, 2.24) is 30.6 Å². The molecule has 2 heterocycles. The third-order valence-electron chi connectivity index (χ3n) is 3.42. The number of nitrogens with one attached hydrogen (secondary N) is 2. The fraction of sp³-hybridized carbons (Fsp3) is 0.176. The molecule has 2 aromatic heterocycles. The third kappa shape index (κ3) is 4.39. The van der Waals surface area contributed by atoms with Gasteiger partial charge in [-0.25, -0.2) is 9.48 Å². The van der Waals surface area contributed by atoms with Crippen LogP contribution < -0.4 is 10.6 Å². The molecule has 0 radical (unpaired) electrons. The zero-order valence-corrected chi connectivity index (χ0v) is 13.1. The molecule has 122 valence electrons. The summed E-state index contributed by atoms with van der Waals surface area (Å²) in [5.41, 5.74) is 2.69. The fourth-order valence-corrected chi connectivity index (χ4v) is 2.19. The number of rotatable bonds is 6. The van der Waals surface area contributed by atoms with Crippen molar-refractivity contribution >= 4 is 6.03 Å². The maximum Gasteiger partial charge on any atom is 0.315 e. The molecule has 1 aromatic carbocycles. The van der Waals surface area contributed by atoms with Crippen LogP contribution in [0.1, 0.15) is 11.3 Å². The Morgan fingerprint density at radius 1 is 1.08 bits per heavy atom. The monoisotopic (exact) mass is 322 g/mol. The SMILES string of the molecule is O=C(NCCc1ccccc1)NCc1cn(-c2cccnc2)nn1. The maximum absolute atomic E-state index is 11.8. The van der Waals surface area contributed by atoms with E-state index in [-0.39, 0.29) is 6.03 Å². The van der Waals surface area contributed by atoms with Gasteiger partial charge in [-0.1, -0.05) is 35.5 Å². The van der Waals surface area contributed by atoms with E-state index < -0.39 is 0 Å². The summed E-state index contributed by atoms with van der Waals surface area (Å²) in [7, 11) is 0. The Hall–Kier alpha value is -3.22. The number of pyridine rings is 1. The van der Waals surface area contributed by atoms with E-state index in [1.54, 1.807) is 23.3 Å². The quantitative estimate of drug-likeness (QED) is 0.723. The molecule has 0 bridgehead atoms. The molecule has 0 aliphatic carbocycles. The summed E-state index contributed by atoms with van der Waals surface area (Å²) in [5, 5.41) is 13.6. The molecule has 2 amide bonds. The Balaban J connectivity index is 1.42. The molecule has 3 rings (SSSR count). The summed E-state index contributed by atoms with van der Waals surface area (Å²) in [6.07, 6.45) is 5.96. The van der Waals surface area contributed by atoms with Gasteiger partial charge >= 0.3 is 6.03 Å². The molecule has 3 aromatic rings. The van der Waals surface area contributed by atoms with Crippen molar-refractivity contribution in [3.8, 4) is 5.69 Å². The van der Waals surface area contributed by atoms with E-state index in [0.29, 0.717) is 18.8 Å². The van der Waals surface area contributed by atoms with E-state index in [1.807, 2.05) is 42.5 Å². The first-order chi connectivity index (χ1) is 11.8. The molecule has 0 saturated carbocycles. The predicted octanol–water partition coefficient (Wildman–Crippen LogP) is 1.70. The fourth-order valence-electron chi connectivity index (χ4n) is 2.19. The van der Waals surface area contributed by atoms with Gasteiger partial charge in [-0.05, 0) is 24.1 Å². The molecule has 0 fully saturated rings. The van der Waals surface area contributed by atoms with E-state index in [0.717, 1.165) is 12.1 Å². The molecule has 0 atom stereocenters. The second-order valence-corrected chi connectivity index (χ2v) is 5.21. The second-order valence-electron chi connectivity index (χ2n) is 5.21. The number of carbonyl (C=O) groups is 1. The second kappa shape index (κ2) is 7.87. The highest BCUT2D eigenvalue weighted by Crippen LogP contribution is 2.03. The summed E-state index contributed by atoms with van der Waals surface area (Å²) in [5.74, 6) is 0. The van der Waals surface area contributed by atoms with Gasteiger partial charge in [-0.15, -0.1) is 5.10 Å². The summed E-state index contributed by atoms with van der Waals surface area (Å²) in [4.78, 5) is 15.8. The number of amides is 2. The zero-order chi connectivity index (χ0) is 16.6. The van der Waals surface area contributed by atoms with E-state index >= 15 is 0 Å². The largest absolute Gasteiger partial charge is 0.338 e. The van der Waals surface area contributed by atoms with Crippen molar-refractivity contribution in [3.63, 3.8) is 0 Å². The van der Waals surface area contributed by atoms with Crippen LogP contribution in [0.3, 0.4) is 0 Å². The maximum atomic E-state index is 11.8. The van der Waals surface area contributed by atoms with Gasteiger partial charge in [0.2, 0.25) is 0 Å². The average Bonchev–Trinajstić information content (AvgIpc) is 3.11. The van der Waals surface area contributed by atoms with E-state index in [4.69, 9.17) is 0 Å². The normalized spacial score (nSPS) is 10.3. The predicted molar refractivity (Wildman–Crippen MR) is 89.5 cm³/mol. The average molecular weight is 322 g/mol. The van der Waals surface area contributed by atoms with Crippen LogP contribution in [0.15, 0.2) is 61.1 Å². The minimum atomic E-state index is -0.221. The van der Waals surface area contributed by atoms with Crippen molar-refractivity contribution in [2.24, 2.45) is 0 Å². The number of aromatic nitrogens is 4. The van der Waals surface area contributed by atoms with Crippen molar-refractivity contribution in [2.45, 2.75) is 13.0 Å². The highest BCUT2D eigenvalue weighted by molar-refractivity contribution is 5.73. The van der Waals surface area contributed by atoms with Gasteiger partial charge in [0.05, 0.1) is 24.6 Å². The summed E-state index contributed by atoms with van der Waals surface area (Å²) < 4.78 is 1.62. The van der Waals surface area contributed by atoms with E-state index in [1.165, 1.54) is 5.56 Å². The first kappa shape index (κ1) is 15.7. The number of benzene rings is 1. The molecule has 24 heavy (non-hydrogen) atoms. The van der Waals surface area contributed by atoms with Gasteiger partial charge in [0.1, 0.15) is 5.69 Å². The molecule has 7 nitrogen and oxygen atoms in total. The number of nitrogens with zero attached hydrogens (tertiary/aromatic N) is 4. The van der Waals surface area contributed by atoms with Gasteiger partial charge in [-0.2, -0.15) is 0 Å². The Morgan fingerprint density at radius 3 is 2.75 bits per heavy atom. The molecule has 0 aliphatic rings. The lowest BCUT2D eigenvalue weighted by atomic mass is 10.1. The molecule has 0 unspecified atom stereocenters. The molecule has 0 spiro atoms. The van der Waals surface area contributed by atoms with Gasteiger partial charge in [0.25, 0.3) is 0 Å². The van der Waals surface area contributed by atoms with E-state index in [9.17, 15) is 4.79 Å². The van der Waals surface area contributed by atoms with Crippen LogP contribution in [0, 0.1) is 0 Å². The van der Waals surface area contributed by atoms with Crippen LogP contribution in [-0.2, 0) is 13.0 Å².